The molecule has 4 rings (SSSR count). The van der Waals surface area contributed by atoms with E-state index in [4.69, 9.17) is 0 Å². The molecule has 0 radical (unpaired) electrons. The Labute approximate surface area is 211 Å². The van der Waals surface area contributed by atoms with E-state index >= 15 is 0 Å². The Morgan fingerprint density at radius 2 is 1.78 bits per heavy atom. The number of rotatable bonds is 9. The number of halogens is 1. The summed E-state index contributed by atoms with van der Waals surface area (Å²) in [6.45, 7) is 2.37. The predicted octanol–water partition coefficient (Wildman–Crippen LogP) is 4.84. The van der Waals surface area contributed by atoms with Crippen molar-refractivity contribution in [2.24, 2.45) is 0 Å². The van der Waals surface area contributed by atoms with E-state index < -0.39 is 11.9 Å². The lowest BCUT2D eigenvalue weighted by Crippen LogP contribution is -2.49. The van der Waals surface area contributed by atoms with Crippen molar-refractivity contribution in [3.8, 4) is 0 Å². The molecule has 2 amide bonds. The molecular formula is C29H33FN4O2. The second kappa shape index (κ2) is 12.4. The average molecular weight is 489 g/mol. The van der Waals surface area contributed by atoms with Crippen LogP contribution in [-0.4, -0.2) is 29.4 Å². The van der Waals surface area contributed by atoms with Crippen molar-refractivity contribution in [2.75, 3.05) is 11.4 Å². The van der Waals surface area contributed by atoms with Gasteiger partial charge in [-0.25, -0.2) is 4.39 Å². The average Bonchev–Trinajstić information content (AvgIpc) is 2.89. The number of aryl methyl sites for hydroxylation is 1. The molecule has 188 valence electrons. The number of carbonyl (C=O) groups is 2. The Hall–Kier alpha value is -3.58. The van der Waals surface area contributed by atoms with Crippen molar-refractivity contribution in [3.05, 3.63) is 95.6 Å². The molecule has 3 aromatic rings. The summed E-state index contributed by atoms with van der Waals surface area (Å²) in [6, 6.07) is 16.3. The quantitative estimate of drug-likeness (QED) is 0.452. The van der Waals surface area contributed by atoms with E-state index in [1.165, 1.54) is 23.5 Å². The van der Waals surface area contributed by atoms with E-state index in [0.29, 0.717) is 12.2 Å². The van der Waals surface area contributed by atoms with Crippen molar-refractivity contribution >= 4 is 17.5 Å². The van der Waals surface area contributed by atoms with Gasteiger partial charge in [0.25, 0.3) is 0 Å². The maximum Gasteiger partial charge on any atom is 0.248 e. The zero-order chi connectivity index (χ0) is 25.3. The smallest absolute Gasteiger partial charge is 0.248 e. The third-order valence-electron chi connectivity index (χ3n) is 6.65. The molecule has 6 nitrogen and oxygen atoms in total. The van der Waals surface area contributed by atoms with Gasteiger partial charge in [-0.2, -0.15) is 0 Å². The minimum Gasteiger partial charge on any atom is -0.351 e. The Morgan fingerprint density at radius 1 is 1.03 bits per heavy atom. The molecule has 0 aliphatic heterocycles. The van der Waals surface area contributed by atoms with E-state index in [2.05, 4.69) is 15.6 Å². The molecule has 1 heterocycles. The normalized spacial score (nSPS) is 14.7. The maximum absolute atomic E-state index is 14.3. The number of hydrogen-bond acceptors (Lipinski definition) is 4. The molecule has 0 bridgehead atoms. The molecule has 2 N–H and O–H groups in total. The van der Waals surface area contributed by atoms with Crippen LogP contribution >= 0.6 is 0 Å². The fraction of sp³-hybridized carbons (Fsp3) is 0.345. The maximum atomic E-state index is 14.3. The SMILES string of the molecule is Cc1ccccc1C(C(=O)NC1CCCCC1)N(C(=O)CNCc1ccncc1)c1cccc(F)c1. The molecule has 1 fully saturated rings. The van der Waals surface area contributed by atoms with Crippen LogP contribution in [0.3, 0.4) is 0 Å². The van der Waals surface area contributed by atoms with Crippen molar-refractivity contribution in [1.82, 2.24) is 15.6 Å². The van der Waals surface area contributed by atoms with Crippen LogP contribution in [0.25, 0.3) is 0 Å². The van der Waals surface area contributed by atoms with Crippen molar-refractivity contribution < 1.29 is 14.0 Å². The van der Waals surface area contributed by atoms with Gasteiger partial charge in [-0.05, 0) is 66.8 Å². The molecule has 1 aromatic heterocycles. The van der Waals surface area contributed by atoms with Crippen molar-refractivity contribution in [2.45, 2.75) is 57.7 Å². The first-order valence-corrected chi connectivity index (χ1v) is 12.6. The third-order valence-corrected chi connectivity index (χ3v) is 6.65. The van der Waals surface area contributed by atoms with Crippen LogP contribution in [0.2, 0.25) is 0 Å². The first kappa shape index (κ1) is 25.5. The Bertz CT molecular complexity index is 1160. The van der Waals surface area contributed by atoms with Crippen LogP contribution in [0.15, 0.2) is 73.1 Å². The van der Waals surface area contributed by atoms with Gasteiger partial charge in [0.15, 0.2) is 0 Å². The van der Waals surface area contributed by atoms with Crippen LogP contribution in [0.4, 0.5) is 10.1 Å². The number of anilines is 1. The topological polar surface area (TPSA) is 74.3 Å². The van der Waals surface area contributed by atoms with Crippen molar-refractivity contribution in [1.29, 1.82) is 0 Å². The fourth-order valence-electron chi connectivity index (χ4n) is 4.78. The number of pyridine rings is 1. The van der Waals surface area contributed by atoms with E-state index in [1.807, 2.05) is 43.3 Å². The lowest BCUT2D eigenvalue weighted by Gasteiger charge is -2.34. The molecule has 1 unspecified atom stereocenters. The first-order chi connectivity index (χ1) is 17.5. The van der Waals surface area contributed by atoms with Gasteiger partial charge in [0.05, 0.1) is 6.54 Å². The van der Waals surface area contributed by atoms with E-state index in [-0.39, 0.29) is 24.4 Å². The van der Waals surface area contributed by atoms with Gasteiger partial charge in [0.1, 0.15) is 11.9 Å². The summed E-state index contributed by atoms with van der Waals surface area (Å²) in [6.07, 6.45) is 8.56. The monoisotopic (exact) mass is 488 g/mol. The number of hydrogen-bond donors (Lipinski definition) is 2. The minimum absolute atomic E-state index is 0.0159. The summed E-state index contributed by atoms with van der Waals surface area (Å²) < 4.78 is 14.3. The van der Waals surface area contributed by atoms with Gasteiger partial charge in [-0.1, -0.05) is 49.6 Å². The molecular weight excluding hydrogens is 455 g/mol. The molecule has 2 aromatic carbocycles. The zero-order valence-corrected chi connectivity index (χ0v) is 20.6. The van der Waals surface area contributed by atoms with Gasteiger partial charge in [-0.3, -0.25) is 19.5 Å². The predicted molar refractivity (Wildman–Crippen MR) is 139 cm³/mol. The second-order valence-corrected chi connectivity index (χ2v) is 9.31. The van der Waals surface area contributed by atoms with Crippen LogP contribution in [0.1, 0.15) is 54.8 Å². The summed E-state index contributed by atoms with van der Waals surface area (Å²) in [4.78, 5) is 33.0. The number of amides is 2. The lowest BCUT2D eigenvalue weighted by molar-refractivity contribution is -0.127. The fourth-order valence-corrected chi connectivity index (χ4v) is 4.78. The van der Waals surface area contributed by atoms with Crippen LogP contribution < -0.4 is 15.5 Å². The summed E-state index contributed by atoms with van der Waals surface area (Å²) in [5, 5.41) is 6.36. The summed E-state index contributed by atoms with van der Waals surface area (Å²) in [5.41, 5.74) is 2.94. The largest absolute Gasteiger partial charge is 0.351 e. The van der Waals surface area contributed by atoms with Crippen molar-refractivity contribution in [3.63, 3.8) is 0 Å². The van der Waals surface area contributed by atoms with Gasteiger partial charge in [0.2, 0.25) is 11.8 Å². The highest BCUT2D eigenvalue weighted by molar-refractivity contribution is 6.02. The summed E-state index contributed by atoms with van der Waals surface area (Å²) >= 11 is 0. The first-order valence-electron chi connectivity index (χ1n) is 12.6. The Balaban J connectivity index is 1.66. The Morgan fingerprint density at radius 3 is 2.50 bits per heavy atom. The molecule has 1 saturated carbocycles. The molecule has 0 spiro atoms. The summed E-state index contributed by atoms with van der Waals surface area (Å²) in [7, 11) is 0. The van der Waals surface area contributed by atoms with Gasteiger partial charge in [0, 0.05) is 30.7 Å². The molecule has 1 atom stereocenters. The van der Waals surface area contributed by atoms with Gasteiger partial charge in [-0.15, -0.1) is 0 Å². The summed E-state index contributed by atoms with van der Waals surface area (Å²) in [5.74, 6) is -1.03. The van der Waals surface area contributed by atoms with Crippen LogP contribution in [0, 0.1) is 12.7 Å². The number of aromatic nitrogens is 1. The molecule has 36 heavy (non-hydrogen) atoms. The standard InChI is InChI=1S/C29H33FN4O2/c1-21-8-5-6-13-26(21)28(29(36)33-24-10-3-2-4-11-24)34(25-12-7-9-23(30)18-25)27(35)20-32-19-22-14-16-31-17-15-22/h5-9,12-18,24,28,32H,2-4,10-11,19-20H2,1H3,(H,33,36). The number of carbonyl (C=O) groups excluding carboxylic acids is 2. The zero-order valence-electron chi connectivity index (χ0n) is 20.6. The Kier molecular flexibility index (Phi) is 8.79. The molecule has 0 saturated heterocycles. The molecule has 1 aliphatic carbocycles. The number of nitrogens with zero attached hydrogens (tertiary/aromatic N) is 2. The van der Waals surface area contributed by atoms with E-state index in [9.17, 15) is 14.0 Å². The highest BCUT2D eigenvalue weighted by atomic mass is 19.1. The van der Waals surface area contributed by atoms with Crippen LogP contribution in [0.5, 0.6) is 0 Å². The number of nitrogens with one attached hydrogen (secondary N) is 2. The van der Waals surface area contributed by atoms with Crippen LogP contribution in [-0.2, 0) is 16.1 Å². The molecule has 7 heteroatoms. The number of benzene rings is 2. The molecule has 1 aliphatic rings. The second-order valence-electron chi connectivity index (χ2n) is 9.31. The minimum atomic E-state index is -0.926. The van der Waals surface area contributed by atoms with E-state index in [1.54, 1.807) is 24.5 Å². The third kappa shape index (κ3) is 6.55. The highest BCUT2D eigenvalue weighted by Gasteiger charge is 2.34. The highest BCUT2D eigenvalue weighted by Crippen LogP contribution is 2.31. The lowest BCUT2D eigenvalue weighted by atomic mass is 9.93. The van der Waals surface area contributed by atoms with Gasteiger partial charge < -0.3 is 10.6 Å². The van der Waals surface area contributed by atoms with Gasteiger partial charge >= 0.3 is 0 Å². The van der Waals surface area contributed by atoms with E-state index in [0.717, 1.165) is 42.4 Å².